The number of aryl methyl sites for hydroxylation is 1. The quantitative estimate of drug-likeness (QED) is 0.853. The summed E-state index contributed by atoms with van der Waals surface area (Å²) in [7, 11) is 1.92. The van der Waals surface area contributed by atoms with Crippen molar-refractivity contribution >= 4 is 5.91 Å². The molecule has 0 bridgehead atoms. The minimum absolute atomic E-state index is 0.130. The Morgan fingerprint density at radius 3 is 2.96 bits per heavy atom. The zero-order valence-electron chi connectivity index (χ0n) is 13.3. The van der Waals surface area contributed by atoms with Crippen molar-refractivity contribution in [2.75, 3.05) is 13.2 Å². The summed E-state index contributed by atoms with van der Waals surface area (Å²) in [5.74, 6) is 0.310. The van der Waals surface area contributed by atoms with Crippen LogP contribution in [-0.2, 0) is 23.1 Å². The van der Waals surface area contributed by atoms with Crippen LogP contribution in [0.1, 0.15) is 35.4 Å². The number of benzene rings is 1. The lowest BCUT2D eigenvalue weighted by Gasteiger charge is -2.35. The number of hydrogen-bond donors (Lipinski definition) is 0. The molecule has 2 aliphatic heterocycles. The van der Waals surface area contributed by atoms with Gasteiger partial charge in [0.1, 0.15) is 6.10 Å². The van der Waals surface area contributed by atoms with Gasteiger partial charge in [-0.3, -0.25) is 9.48 Å². The highest BCUT2D eigenvalue weighted by molar-refractivity contribution is 5.81. The maximum absolute atomic E-state index is 12.8. The van der Waals surface area contributed by atoms with Crippen LogP contribution in [0.4, 0.5) is 0 Å². The second kappa shape index (κ2) is 5.81. The van der Waals surface area contributed by atoms with E-state index in [1.807, 2.05) is 35.1 Å². The van der Waals surface area contributed by atoms with E-state index < -0.39 is 0 Å². The predicted octanol–water partition coefficient (Wildman–Crippen LogP) is 2.07. The third kappa shape index (κ3) is 2.65. The lowest BCUT2D eigenvalue weighted by atomic mass is 9.86. The standard InChI is InChI=1S/C18H21N3O2/c1-20-10-14(9-19-20)16-12-21(18(22)17-7-4-8-23-17)11-13-5-2-3-6-15(13)16/h2-3,5-6,9-10,16-17H,4,7-8,11-12H2,1H3/t16-,17+/m0/s1. The monoisotopic (exact) mass is 311 g/mol. The zero-order valence-corrected chi connectivity index (χ0v) is 13.3. The van der Waals surface area contributed by atoms with Crippen molar-refractivity contribution in [1.29, 1.82) is 0 Å². The van der Waals surface area contributed by atoms with Crippen LogP contribution in [0.3, 0.4) is 0 Å². The third-order valence-corrected chi connectivity index (χ3v) is 4.84. The van der Waals surface area contributed by atoms with Crippen LogP contribution in [0.5, 0.6) is 0 Å². The van der Waals surface area contributed by atoms with Crippen LogP contribution >= 0.6 is 0 Å². The number of hydrogen-bond acceptors (Lipinski definition) is 3. The second-order valence-corrected chi connectivity index (χ2v) is 6.42. The maximum Gasteiger partial charge on any atom is 0.252 e. The summed E-state index contributed by atoms with van der Waals surface area (Å²) in [5.41, 5.74) is 3.68. The van der Waals surface area contributed by atoms with E-state index in [1.54, 1.807) is 0 Å². The highest BCUT2D eigenvalue weighted by Gasteiger charge is 2.34. The summed E-state index contributed by atoms with van der Waals surface area (Å²) in [4.78, 5) is 14.7. The molecule has 2 aromatic rings. The molecule has 0 radical (unpaired) electrons. The maximum atomic E-state index is 12.8. The molecule has 3 heterocycles. The molecule has 1 amide bonds. The Kier molecular flexibility index (Phi) is 3.65. The Labute approximate surface area is 135 Å². The molecule has 1 aromatic carbocycles. The Hall–Kier alpha value is -2.14. The molecule has 5 nitrogen and oxygen atoms in total. The van der Waals surface area contributed by atoms with Gasteiger partial charge in [0.15, 0.2) is 0 Å². The fourth-order valence-electron chi connectivity index (χ4n) is 3.66. The summed E-state index contributed by atoms with van der Waals surface area (Å²) in [5, 5.41) is 4.30. The van der Waals surface area contributed by atoms with Crippen LogP contribution in [0, 0.1) is 0 Å². The lowest BCUT2D eigenvalue weighted by Crippen LogP contribution is -2.43. The Morgan fingerprint density at radius 1 is 1.35 bits per heavy atom. The first kappa shape index (κ1) is 14.5. The number of carbonyl (C=O) groups excluding carboxylic acids is 1. The molecule has 1 saturated heterocycles. The van der Waals surface area contributed by atoms with Crippen LogP contribution in [0.2, 0.25) is 0 Å². The van der Waals surface area contributed by atoms with Crippen molar-refractivity contribution in [3.05, 3.63) is 53.3 Å². The van der Waals surface area contributed by atoms with Crippen LogP contribution in [-0.4, -0.2) is 39.8 Å². The minimum atomic E-state index is -0.255. The van der Waals surface area contributed by atoms with Crippen LogP contribution < -0.4 is 0 Å². The Bertz CT molecular complexity index is 719. The molecule has 5 heteroatoms. The van der Waals surface area contributed by atoms with E-state index in [9.17, 15) is 4.79 Å². The molecule has 0 spiro atoms. The van der Waals surface area contributed by atoms with Crippen LogP contribution in [0.25, 0.3) is 0 Å². The Balaban J connectivity index is 1.66. The van der Waals surface area contributed by atoms with Crippen molar-refractivity contribution < 1.29 is 9.53 Å². The molecule has 1 fully saturated rings. The van der Waals surface area contributed by atoms with Gasteiger partial charge in [-0.05, 0) is 29.5 Å². The minimum Gasteiger partial charge on any atom is -0.368 e. The summed E-state index contributed by atoms with van der Waals surface area (Å²) >= 11 is 0. The molecule has 0 saturated carbocycles. The highest BCUT2D eigenvalue weighted by Crippen LogP contribution is 2.34. The molecule has 4 rings (SSSR count). The van der Waals surface area contributed by atoms with Crippen molar-refractivity contribution in [2.24, 2.45) is 7.05 Å². The van der Waals surface area contributed by atoms with Gasteiger partial charge in [-0.1, -0.05) is 24.3 Å². The van der Waals surface area contributed by atoms with Gasteiger partial charge in [-0.25, -0.2) is 0 Å². The van der Waals surface area contributed by atoms with Gasteiger partial charge in [0.2, 0.25) is 0 Å². The molecule has 2 aliphatic rings. The number of carbonyl (C=O) groups is 1. The fraction of sp³-hybridized carbons (Fsp3) is 0.444. The molecule has 120 valence electrons. The van der Waals surface area contributed by atoms with Gasteiger partial charge in [-0.2, -0.15) is 5.10 Å². The van der Waals surface area contributed by atoms with E-state index in [0.717, 1.165) is 18.4 Å². The van der Waals surface area contributed by atoms with Crippen molar-refractivity contribution in [1.82, 2.24) is 14.7 Å². The fourth-order valence-corrected chi connectivity index (χ4v) is 3.66. The highest BCUT2D eigenvalue weighted by atomic mass is 16.5. The van der Waals surface area contributed by atoms with Gasteiger partial charge in [0.25, 0.3) is 5.91 Å². The van der Waals surface area contributed by atoms with Crippen molar-refractivity contribution in [3.63, 3.8) is 0 Å². The van der Waals surface area contributed by atoms with E-state index in [-0.39, 0.29) is 17.9 Å². The molecule has 2 atom stereocenters. The normalized spacial score (nSPS) is 23.8. The number of rotatable bonds is 2. The number of aromatic nitrogens is 2. The largest absolute Gasteiger partial charge is 0.368 e. The van der Waals surface area contributed by atoms with Crippen molar-refractivity contribution in [2.45, 2.75) is 31.4 Å². The average molecular weight is 311 g/mol. The first-order chi connectivity index (χ1) is 11.2. The number of ether oxygens (including phenoxy) is 1. The van der Waals surface area contributed by atoms with Gasteiger partial charge >= 0.3 is 0 Å². The number of nitrogens with zero attached hydrogens (tertiary/aromatic N) is 3. The summed E-state index contributed by atoms with van der Waals surface area (Å²) < 4.78 is 7.41. The van der Waals surface area contributed by atoms with Gasteiger partial charge in [0, 0.05) is 38.9 Å². The molecule has 23 heavy (non-hydrogen) atoms. The van der Waals surface area contributed by atoms with E-state index in [0.29, 0.717) is 19.7 Å². The number of fused-ring (bicyclic) bond motifs is 1. The SMILES string of the molecule is Cn1cc([C@@H]2CN(C(=O)[C@H]3CCCO3)Cc3ccccc32)cn1. The van der Waals surface area contributed by atoms with E-state index in [2.05, 4.69) is 23.3 Å². The molecular weight excluding hydrogens is 290 g/mol. The molecule has 0 aliphatic carbocycles. The summed E-state index contributed by atoms with van der Waals surface area (Å²) in [6, 6.07) is 8.40. The topological polar surface area (TPSA) is 47.4 Å². The second-order valence-electron chi connectivity index (χ2n) is 6.42. The van der Waals surface area contributed by atoms with Gasteiger partial charge in [-0.15, -0.1) is 0 Å². The summed E-state index contributed by atoms with van der Waals surface area (Å²) in [6.07, 6.45) is 5.51. The average Bonchev–Trinajstić information content (AvgIpc) is 3.24. The van der Waals surface area contributed by atoms with Crippen LogP contribution in [0.15, 0.2) is 36.7 Å². The van der Waals surface area contributed by atoms with E-state index >= 15 is 0 Å². The molecule has 1 aromatic heterocycles. The van der Waals surface area contributed by atoms with E-state index in [1.165, 1.54) is 11.1 Å². The molecule has 0 unspecified atom stereocenters. The number of amides is 1. The molecule has 0 N–H and O–H groups in total. The summed E-state index contributed by atoms with van der Waals surface area (Å²) in [6.45, 7) is 2.07. The predicted molar refractivity (Wildman–Crippen MR) is 85.9 cm³/mol. The van der Waals surface area contributed by atoms with E-state index in [4.69, 9.17) is 4.74 Å². The van der Waals surface area contributed by atoms with Gasteiger partial charge < -0.3 is 9.64 Å². The van der Waals surface area contributed by atoms with Gasteiger partial charge in [0.05, 0.1) is 6.20 Å². The first-order valence-corrected chi connectivity index (χ1v) is 8.19. The molecular formula is C18H21N3O2. The Morgan fingerprint density at radius 2 is 2.22 bits per heavy atom. The lowest BCUT2D eigenvalue weighted by molar-refractivity contribution is -0.142. The van der Waals surface area contributed by atoms with Crippen molar-refractivity contribution in [3.8, 4) is 0 Å². The smallest absolute Gasteiger partial charge is 0.252 e. The zero-order chi connectivity index (χ0) is 15.8. The third-order valence-electron chi connectivity index (χ3n) is 4.84. The first-order valence-electron chi connectivity index (χ1n) is 8.19.